The lowest BCUT2D eigenvalue weighted by molar-refractivity contribution is 0.0610. The summed E-state index contributed by atoms with van der Waals surface area (Å²) in [6, 6.07) is 12.8. The summed E-state index contributed by atoms with van der Waals surface area (Å²) in [7, 11) is 0. The number of benzene rings is 2. The molecular formula is C30H31F2N7O2. The first-order chi connectivity index (χ1) is 19.8. The van der Waals surface area contributed by atoms with Crippen molar-refractivity contribution >= 4 is 17.8 Å². The van der Waals surface area contributed by atoms with Crippen molar-refractivity contribution in [2.75, 3.05) is 44.2 Å². The third kappa shape index (κ3) is 6.49. The summed E-state index contributed by atoms with van der Waals surface area (Å²) >= 11 is 0. The van der Waals surface area contributed by atoms with Gasteiger partial charge < -0.3 is 15.1 Å². The minimum absolute atomic E-state index is 0.00626. The Bertz CT molecular complexity index is 1460. The van der Waals surface area contributed by atoms with Crippen LogP contribution in [0.1, 0.15) is 50.4 Å². The number of piperidine rings is 1. The highest BCUT2D eigenvalue weighted by atomic mass is 19.2. The van der Waals surface area contributed by atoms with Crippen molar-refractivity contribution in [1.29, 1.82) is 5.26 Å². The van der Waals surface area contributed by atoms with Gasteiger partial charge in [-0.05, 0) is 61.7 Å². The summed E-state index contributed by atoms with van der Waals surface area (Å²) in [5, 5.41) is 11.7. The van der Waals surface area contributed by atoms with Crippen LogP contribution in [0.15, 0.2) is 48.7 Å². The van der Waals surface area contributed by atoms with Crippen LogP contribution < -0.4 is 10.2 Å². The number of piperazine rings is 1. The summed E-state index contributed by atoms with van der Waals surface area (Å²) in [5.74, 6) is -1.69. The number of carbonyl (C=O) groups is 2. The Morgan fingerprint density at radius 3 is 2.34 bits per heavy atom. The van der Waals surface area contributed by atoms with Crippen LogP contribution in [-0.2, 0) is 6.54 Å². The summed E-state index contributed by atoms with van der Waals surface area (Å²) in [6.45, 7) is 6.43. The molecule has 0 atom stereocenters. The van der Waals surface area contributed by atoms with Gasteiger partial charge in [0.1, 0.15) is 0 Å². The van der Waals surface area contributed by atoms with Crippen molar-refractivity contribution in [2.45, 2.75) is 32.4 Å². The molecule has 11 heteroatoms. The Labute approximate surface area is 237 Å². The second-order valence-corrected chi connectivity index (χ2v) is 10.3. The van der Waals surface area contributed by atoms with E-state index in [1.165, 1.54) is 12.3 Å². The maximum Gasteiger partial charge on any atom is 0.254 e. The fraction of sp³-hybridized carbons (Fsp3) is 0.367. The van der Waals surface area contributed by atoms with Gasteiger partial charge >= 0.3 is 0 Å². The Balaban J connectivity index is 1.09. The van der Waals surface area contributed by atoms with Gasteiger partial charge in [0.25, 0.3) is 11.8 Å². The molecule has 0 bridgehead atoms. The van der Waals surface area contributed by atoms with Crippen molar-refractivity contribution in [3.63, 3.8) is 0 Å². The fourth-order valence-corrected chi connectivity index (χ4v) is 5.35. The molecule has 1 aromatic heterocycles. The average molecular weight is 560 g/mol. The lowest BCUT2D eigenvalue weighted by atomic mass is 10.0. The molecule has 3 heterocycles. The SMILES string of the molecule is Cc1nc(N2CCN(C3CCN(C(=O)c4ccc(C#N)cc4)CC3)CC2)ncc1C(=O)NCc1ccc(F)c(F)c1. The molecule has 0 aliphatic carbocycles. The van der Waals surface area contributed by atoms with E-state index >= 15 is 0 Å². The molecular weight excluding hydrogens is 528 g/mol. The van der Waals surface area contributed by atoms with Crippen LogP contribution in [0.3, 0.4) is 0 Å². The van der Waals surface area contributed by atoms with Crippen molar-refractivity contribution in [3.8, 4) is 6.07 Å². The van der Waals surface area contributed by atoms with Crippen molar-refractivity contribution in [2.24, 2.45) is 0 Å². The Kier molecular flexibility index (Phi) is 8.50. The highest BCUT2D eigenvalue weighted by Gasteiger charge is 2.30. The van der Waals surface area contributed by atoms with Gasteiger partial charge in [0.2, 0.25) is 5.95 Å². The van der Waals surface area contributed by atoms with E-state index in [1.807, 2.05) is 4.90 Å². The molecule has 212 valence electrons. The van der Waals surface area contributed by atoms with Gasteiger partial charge in [-0.1, -0.05) is 6.07 Å². The van der Waals surface area contributed by atoms with Crippen LogP contribution in [0.25, 0.3) is 0 Å². The number of anilines is 1. The van der Waals surface area contributed by atoms with E-state index in [9.17, 15) is 18.4 Å². The molecule has 2 fully saturated rings. The summed E-state index contributed by atoms with van der Waals surface area (Å²) in [5.41, 5.74) is 2.47. The first kappa shape index (κ1) is 28.1. The third-order valence-corrected chi connectivity index (χ3v) is 7.77. The Morgan fingerprint density at radius 2 is 1.71 bits per heavy atom. The van der Waals surface area contributed by atoms with Crippen LogP contribution in [0.2, 0.25) is 0 Å². The number of carbonyl (C=O) groups excluding carboxylic acids is 2. The van der Waals surface area contributed by atoms with Gasteiger partial charge in [-0.15, -0.1) is 0 Å². The molecule has 2 amide bonds. The molecule has 41 heavy (non-hydrogen) atoms. The van der Waals surface area contributed by atoms with E-state index in [0.29, 0.717) is 53.0 Å². The summed E-state index contributed by atoms with van der Waals surface area (Å²) in [6.07, 6.45) is 3.32. The van der Waals surface area contributed by atoms with E-state index in [2.05, 4.69) is 31.2 Å². The summed E-state index contributed by atoms with van der Waals surface area (Å²) in [4.78, 5) is 41.0. The zero-order chi connectivity index (χ0) is 28.9. The monoisotopic (exact) mass is 559 g/mol. The van der Waals surface area contributed by atoms with Gasteiger partial charge in [0.05, 0.1) is 22.9 Å². The predicted octanol–water partition coefficient (Wildman–Crippen LogP) is 3.29. The first-order valence-corrected chi connectivity index (χ1v) is 13.7. The van der Waals surface area contributed by atoms with Crippen LogP contribution in [-0.4, -0.2) is 76.9 Å². The zero-order valence-electron chi connectivity index (χ0n) is 22.8. The second kappa shape index (κ2) is 12.4. The normalized spacial score (nSPS) is 16.3. The van der Waals surface area contributed by atoms with Gasteiger partial charge in [-0.2, -0.15) is 5.26 Å². The Morgan fingerprint density at radius 1 is 1.00 bits per heavy atom. The number of aryl methyl sites for hydroxylation is 1. The quantitative estimate of drug-likeness (QED) is 0.494. The molecule has 2 aliphatic rings. The number of hydrogen-bond donors (Lipinski definition) is 1. The fourth-order valence-electron chi connectivity index (χ4n) is 5.35. The third-order valence-electron chi connectivity index (χ3n) is 7.77. The molecule has 2 aromatic carbocycles. The minimum atomic E-state index is -0.957. The number of hydrogen-bond acceptors (Lipinski definition) is 7. The number of amides is 2. The number of halogens is 2. The number of aromatic nitrogens is 2. The number of nitrogens with one attached hydrogen (secondary N) is 1. The van der Waals surface area contributed by atoms with Crippen LogP contribution >= 0.6 is 0 Å². The molecule has 3 aromatic rings. The van der Waals surface area contributed by atoms with Gasteiger partial charge in [-0.3, -0.25) is 14.5 Å². The zero-order valence-corrected chi connectivity index (χ0v) is 22.8. The molecule has 2 saturated heterocycles. The number of nitrogens with zero attached hydrogens (tertiary/aromatic N) is 6. The maximum absolute atomic E-state index is 13.4. The van der Waals surface area contributed by atoms with E-state index in [-0.39, 0.29) is 18.4 Å². The first-order valence-electron chi connectivity index (χ1n) is 13.7. The highest BCUT2D eigenvalue weighted by molar-refractivity contribution is 5.95. The van der Waals surface area contributed by atoms with Crippen LogP contribution in [0, 0.1) is 29.9 Å². The van der Waals surface area contributed by atoms with Gasteiger partial charge in [0, 0.05) is 63.6 Å². The van der Waals surface area contributed by atoms with E-state index in [4.69, 9.17) is 5.26 Å². The highest BCUT2D eigenvalue weighted by Crippen LogP contribution is 2.22. The average Bonchev–Trinajstić information content (AvgIpc) is 3.01. The summed E-state index contributed by atoms with van der Waals surface area (Å²) < 4.78 is 26.6. The number of rotatable bonds is 6. The molecule has 0 spiro atoms. The molecule has 0 radical (unpaired) electrons. The molecule has 0 saturated carbocycles. The Hall–Kier alpha value is -4.43. The largest absolute Gasteiger partial charge is 0.348 e. The maximum atomic E-state index is 13.4. The van der Waals surface area contributed by atoms with Crippen molar-refractivity contribution < 1.29 is 18.4 Å². The van der Waals surface area contributed by atoms with Crippen LogP contribution in [0.5, 0.6) is 0 Å². The number of nitriles is 1. The van der Waals surface area contributed by atoms with E-state index < -0.39 is 11.6 Å². The topological polar surface area (TPSA) is 105 Å². The molecule has 5 rings (SSSR count). The van der Waals surface area contributed by atoms with Crippen LogP contribution in [0.4, 0.5) is 14.7 Å². The number of likely N-dealkylation sites (tertiary alicyclic amines) is 1. The van der Waals surface area contributed by atoms with Gasteiger partial charge in [0.15, 0.2) is 11.6 Å². The molecule has 9 nitrogen and oxygen atoms in total. The van der Waals surface area contributed by atoms with E-state index in [1.54, 1.807) is 31.2 Å². The standard InChI is InChI=1S/C30H31F2N7O2/c1-20-25(28(40)34-18-22-4-7-26(31)27(32)16-22)19-35-30(36-20)39-14-12-37(13-15-39)24-8-10-38(11-9-24)29(41)23-5-2-21(17-33)3-6-23/h2-7,16,19,24H,8-15,18H2,1H3,(H,34,40). The molecule has 1 N–H and O–H groups in total. The van der Waals surface area contributed by atoms with E-state index in [0.717, 1.165) is 51.2 Å². The smallest absolute Gasteiger partial charge is 0.254 e. The predicted molar refractivity (Wildman–Crippen MR) is 148 cm³/mol. The van der Waals surface area contributed by atoms with Gasteiger partial charge in [-0.25, -0.2) is 18.7 Å². The lowest BCUT2D eigenvalue weighted by Crippen LogP contribution is -2.54. The molecule has 2 aliphatic heterocycles. The van der Waals surface area contributed by atoms with Crippen molar-refractivity contribution in [3.05, 3.63) is 88.2 Å². The van der Waals surface area contributed by atoms with Crippen molar-refractivity contribution in [1.82, 2.24) is 25.1 Å². The minimum Gasteiger partial charge on any atom is -0.348 e. The second-order valence-electron chi connectivity index (χ2n) is 10.3. The molecule has 0 unspecified atom stereocenters. The lowest BCUT2D eigenvalue weighted by Gasteiger charge is -2.42.